The molecule has 1 saturated carbocycles. The molecule has 0 spiro atoms. The van der Waals surface area contributed by atoms with E-state index >= 15 is 0 Å². The molecule has 1 fully saturated rings. The van der Waals surface area contributed by atoms with Gasteiger partial charge in [0.1, 0.15) is 11.2 Å². The van der Waals surface area contributed by atoms with Gasteiger partial charge in [-0.05, 0) is 67.2 Å². The molecule has 0 aromatic rings. The summed E-state index contributed by atoms with van der Waals surface area (Å²) >= 11 is 0. The van der Waals surface area contributed by atoms with Crippen LogP contribution < -0.4 is 0 Å². The maximum atomic E-state index is 12.0. The molecule has 1 rings (SSSR count). The molecule has 116 valence electrons. The molecule has 4 heteroatoms. The van der Waals surface area contributed by atoms with Crippen LogP contribution >= 0.6 is 0 Å². The molecule has 1 aliphatic carbocycles. The third-order valence-electron chi connectivity index (χ3n) is 3.21. The summed E-state index contributed by atoms with van der Waals surface area (Å²) < 4.78 is 10.8. The fraction of sp³-hybridized carbons (Fsp3) is 0.875. The third-order valence-corrected chi connectivity index (χ3v) is 3.21. The summed E-state index contributed by atoms with van der Waals surface area (Å²) in [5, 5.41) is 0. The smallest absolute Gasteiger partial charge is 0.309 e. The molecule has 0 aromatic heterocycles. The van der Waals surface area contributed by atoms with Crippen molar-refractivity contribution in [1.29, 1.82) is 0 Å². The van der Waals surface area contributed by atoms with Crippen LogP contribution in [0.5, 0.6) is 0 Å². The number of hydrogen-bond donors (Lipinski definition) is 0. The first-order valence-electron chi connectivity index (χ1n) is 7.44. The molecule has 0 aliphatic heterocycles. The quantitative estimate of drug-likeness (QED) is 0.728. The molecule has 0 atom stereocenters. The fourth-order valence-electron chi connectivity index (χ4n) is 2.34. The predicted octanol–water partition coefficient (Wildman–Crippen LogP) is 3.48. The summed E-state index contributed by atoms with van der Waals surface area (Å²) in [5.41, 5.74) is -0.891. The van der Waals surface area contributed by atoms with E-state index in [-0.39, 0.29) is 23.8 Å². The molecule has 0 heterocycles. The molecule has 0 amide bonds. The average Bonchev–Trinajstić information content (AvgIpc) is 2.24. The first kappa shape index (κ1) is 17.0. The van der Waals surface area contributed by atoms with E-state index in [0.29, 0.717) is 25.7 Å². The van der Waals surface area contributed by atoms with Gasteiger partial charge in [0, 0.05) is 0 Å². The molecule has 0 unspecified atom stereocenters. The van der Waals surface area contributed by atoms with Crippen LogP contribution in [0.1, 0.15) is 67.2 Å². The van der Waals surface area contributed by atoms with Crippen LogP contribution in [0.3, 0.4) is 0 Å². The lowest BCUT2D eigenvalue weighted by molar-refractivity contribution is -0.167. The van der Waals surface area contributed by atoms with Gasteiger partial charge in [-0.25, -0.2) is 0 Å². The second-order valence-electron chi connectivity index (χ2n) is 7.62. The van der Waals surface area contributed by atoms with E-state index in [9.17, 15) is 9.59 Å². The highest BCUT2D eigenvalue weighted by Crippen LogP contribution is 2.32. The minimum atomic E-state index is -0.445. The van der Waals surface area contributed by atoms with Crippen LogP contribution in [0.2, 0.25) is 0 Å². The summed E-state index contributed by atoms with van der Waals surface area (Å²) in [4.78, 5) is 24.0. The predicted molar refractivity (Wildman–Crippen MR) is 77.1 cm³/mol. The second-order valence-corrected chi connectivity index (χ2v) is 7.62. The van der Waals surface area contributed by atoms with Crippen LogP contribution in [0.15, 0.2) is 0 Å². The minimum absolute atomic E-state index is 0.0760. The van der Waals surface area contributed by atoms with Crippen molar-refractivity contribution < 1.29 is 19.1 Å². The molecular formula is C16H28O4. The summed E-state index contributed by atoms with van der Waals surface area (Å²) in [6.07, 6.45) is 2.83. The summed E-state index contributed by atoms with van der Waals surface area (Å²) in [7, 11) is 0. The zero-order valence-electron chi connectivity index (χ0n) is 13.6. The van der Waals surface area contributed by atoms with E-state index in [1.165, 1.54) is 0 Å². The van der Waals surface area contributed by atoms with Crippen LogP contribution in [-0.4, -0.2) is 23.1 Å². The largest absolute Gasteiger partial charge is 0.460 e. The molecule has 0 saturated heterocycles. The monoisotopic (exact) mass is 284 g/mol. The Hall–Kier alpha value is -1.06. The average molecular weight is 284 g/mol. The first-order chi connectivity index (χ1) is 8.98. The van der Waals surface area contributed by atoms with Gasteiger partial charge in [-0.2, -0.15) is 0 Å². The molecule has 20 heavy (non-hydrogen) atoms. The maximum absolute atomic E-state index is 12.0. The van der Waals surface area contributed by atoms with Gasteiger partial charge >= 0.3 is 11.9 Å². The normalized spacial score (nSPS) is 24.1. The van der Waals surface area contributed by atoms with E-state index in [1.54, 1.807) is 0 Å². The summed E-state index contributed by atoms with van der Waals surface area (Å²) in [6, 6.07) is 0. The number of ether oxygens (including phenoxy) is 2. The Kier molecular flexibility index (Phi) is 5.22. The van der Waals surface area contributed by atoms with Gasteiger partial charge in [0.25, 0.3) is 0 Å². The van der Waals surface area contributed by atoms with Gasteiger partial charge in [0.2, 0.25) is 0 Å². The zero-order chi connectivity index (χ0) is 15.6. The first-order valence-corrected chi connectivity index (χ1v) is 7.44. The van der Waals surface area contributed by atoms with Crippen molar-refractivity contribution in [2.45, 2.75) is 78.4 Å². The highest BCUT2D eigenvalue weighted by atomic mass is 16.6. The Morgan fingerprint density at radius 1 is 0.700 bits per heavy atom. The number of hydrogen-bond acceptors (Lipinski definition) is 4. The van der Waals surface area contributed by atoms with Gasteiger partial charge in [-0.15, -0.1) is 0 Å². The van der Waals surface area contributed by atoms with Crippen LogP contribution in [0.25, 0.3) is 0 Å². The Morgan fingerprint density at radius 2 is 0.950 bits per heavy atom. The van der Waals surface area contributed by atoms with Crippen molar-refractivity contribution in [1.82, 2.24) is 0 Å². The van der Waals surface area contributed by atoms with Crippen LogP contribution in [0.4, 0.5) is 0 Å². The molecule has 1 aliphatic rings. The molecule has 0 aromatic carbocycles. The van der Waals surface area contributed by atoms with E-state index in [0.717, 1.165) is 0 Å². The van der Waals surface area contributed by atoms with Crippen molar-refractivity contribution >= 4 is 11.9 Å². The van der Waals surface area contributed by atoms with Crippen molar-refractivity contribution in [2.75, 3.05) is 0 Å². The molecule has 0 bridgehead atoms. The lowest BCUT2D eigenvalue weighted by atomic mass is 9.82. The van der Waals surface area contributed by atoms with Gasteiger partial charge in [0.15, 0.2) is 0 Å². The Labute approximate surface area is 122 Å². The Morgan fingerprint density at radius 3 is 1.15 bits per heavy atom. The summed E-state index contributed by atoms with van der Waals surface area (Å²) in [5.74, 6) is -0.430. The SMILES string of the molecule is CC(C)(C)OC(=O)[C@H]1CC[C@H](C(=O)OC(C)(C)C)CC1. The van der Waals surface area contributed by atoms with E-state index < -0.39 is 11.2 Å². The van der Waals surface area contributed by atoms with E-state index in [2.05, 4.69) is 0 Å². The highest BCUT2D eigenvalue weighted by molar-refractivity contribution is 5.75. The maximum Gasteiger partial charge on any atom is 0.309 e. The van der Waals surface area contributed by atoms with Gasteiger partial charge in [-0.1, -0.05) is 0 Å². The fourth-order valence-corrected chi connectivity index (χ4v) is 2.34. The molecule has 4 nitrogen and oxygen atoms in total. The lowest BCUT2D eigenvalue weighted by Crippen LogP contribution is -2.34. The number of rotatable bonds is 2. The van der Waals surface area contributed by atoms with Crippen molar-refractivity contribution in [2.24, 2.45) is 11.8 Å². The highest BCUT2D eigenvalue weighted by Gasteiger charge is 2.34. The van der Waals surface area contributed by atoms with Crippen LogP contribution in [0, 0.1) is 11.8 Å². The molecule has 0 radical (unpaired) electrons. The topological polar surface area (TPSA) is 52.6 Å². The van der Waals surface area contributed by atoms with Gasteiger partial charge in [0.05, 0.1) is 11.8 Å². The van der Waals surface area contributed by atoms with E-state index in [4.69, 9.17) is 9.47 Å². The third kappa shape index (κ3) is 5.93. The van der Waals surface area contributed by atoms with Gasteiger partial charge < -0.3 is 9.47 Å². The Balaban J connectivity index is 2.44. The summed E-state index contributed by atoms with van der Waals surface area (Å²) in [6.45, 7) is 11.2. The van der Waals surface area contributed by atoms with Crippen molar-refractivity contribution in [3.05, 3.63) is 0 Å². The zero-order valence-corrected chi connectivity index (χ0v) is 13.6. The van der Waals surface area contributed by atoms with Crippen molar-refractivity contribution in [3.63, 3.8) is 0 Å². The van der Waals surface area contributed by atoms with Crippen LogP contribution in [-0.2, 0) is 19.1 Å². The molecular weight excluding hydrogens is 256 g/mol. The number of esters is 2. The Bertz CT molecular complexity index is 316. The molecule has 0 N–H and O–H groups in total. The lowest BCUT2D eigenvalue weighted by Gasteiger charge is -2.30. The number of carbonyl (C=O) groups excluding carboxylic acids is 2. The minimum Gasteiger partial charge on any atom is -0.460 e. The van der Waals surface area contributed by atoms with Gasteiger partial charge in [-0.3, -0.25) is 9.59 Å². The standard InChI is InChI=1S/C16H28O4/c1-15(2,3)19-13(17)11-7-9-12(10-8-11)14(18)20-16(4,5)6/h11-12H,7-10H2,1-6H3/t11-,12-. The second kappa shape index (κ2) is 6.15. The van der Waals surface area contributed by atoms with E-state index in [1.807, 2.05) is 41.5 Å². The van der Waals surface area contributed by atoms with Crippen molar-refractivity contribution in [3.8, 4) is 0 Å². The number of carbonyl (C=O) groups is 2.